The first-order valence-electron chi connectivity index (χ1n) is 7.26. The molecule has 0 fully saturated rings. The predicted molar refractivity (Wildman–Crippen MR) is 85.5 cm³/mol. The van der Waals surface area contributed by atoms with Gasteiger partial charge in [0.15, 0.2) is 0 Å². The SMILES string of the molecule is COCc1cccc(NC(=O)NCC(O)c2c(F)cccc2F)c1. The maximum Gasteiger partial charge on any atom is 0.319 e. The molecule has 0 aliphatic heterocycles. The van der Waals surface area contributed by atoms with Crippen molar-refractivity contribution in [3.63, 3.8) is 0 Å². The average molecular weight is 336 g/mol. The van der Waals surface area contributed by atoms with Crippen LogP contribution in [0.1, 0.15) is 17.2 Å². The minimum absolute atomic E-state index is 0.332. The van der Waals surface area contributed by atoms with Crippen LogP contribution in [0.25, 0.3) is 0 Å². The molecule has 24 heavy (non-hydrogen) atoms. The summed E-state index contributed by atoms with van der Waals surface area (Å²) in [6, 6.07) is 9.72. The summed E-state index contributed by atoms with van der Waals surface area (Å²) >= 11 is 0. The van der Waals surface area contributed by atoms with Gasteiger partial charge in [0.25, 0.3) is 0 Å². The Morgan fingerprint density at radius 1 is 1.21 bits per heavy atom. The molecule has 2 amide bonds. The van der Waals surface area contributed by atoms with E-state index in [9.17, 15) is 18.7 Å². The Bertz CT molecular complexity index is 690. The minimum Gasteiger partial charge on any atom is -0.386 e. The lowest BCUT2D eigenvalue weighted by Crippen LogP contribution is -2.32. The van der Waals surface area contributed by atoms with Gasteiger partial charge in [-0.25, -0.2) is 13.6 Å². The minimum atomic E-state index is -1.49. The summed E-state index contributed by atoms with van der Waals surface area (Å²) in [5.41, 5.74) is 0.942. The van der Waals surface area contributed by atoms with Crippen molar-refractivity contribution in [3.05, 3.63) is 65.2 Å². The van der Waals surface area contributed by atoms with E-state index < -0.39 is 29.3 Å². The van der Waals surface area contributed by atoms with Crippen LogP contribution >= 0.6 is 0 Å². The quantitative estimate of drug-likeness (QED) is 0.759. The molecule has 0 saturated carbocycles. The van der Waals surface area contributed by atoms with Crippen molar-refractivity contribution >= 4 is 11.7 Å². The molecule has 2 aromatic carbocycles. The second kappa shape index (κ2) is 8.37. The number of ether oxygens (including phenoxy) is 1. The number of rotatable bonds is 6. The van der Waals surface area contributed by atoms with Gasteiger partial charge in [-0.1, -0.05) is 18.2 Å². The summed E-state index contributed by atoms with van der Waals surface area (Å²) in [6.45, 7) is 0.0733. The molecule has 0 aliphatic carbocycles. The second-order valence-electron chi connectivity index (χ2n) is 5.12. The molecule has 0 spiro atoms. The van der Waals surface area contributed by atoms with Crippen LogP contribution in [-0.2, 0) is 11.3 Å². The first-order chi connectivity index (χ1) is 11.5. The Labute approximate surface area is 138 Å². The van der Waals surface area contributed by atoms with Crippen LogP contribution in [0.5, 0.6) is 0 Å². The highest BCUT2D eigenvalue weighted by Gasteiger charge is 2.18. The highest BCUT2D eigenvalue weighted by molar-refractivity contribution is 5.89. The average Bonchev–Trinajstić information content (AvgIpc) is 2.53. The molecule has 0 bridgehead atoms. The van der Waals surface area contributed by atoms with E-state index in [2.05, 4.69) is 10.6 Å². The fourth-order valence-electron chi connectivity index (χ4n) is 2.20. The Kier molecular flexibility index (Phi) is 6.22. The molecule has 3 N–H and O–H groups in total. The molecule has 0 heterocycles. The summed E-state index contributed by atoms with van der Waals surface area (Å²) in [7, 11) is 1.57. The van der Waals surface area contributed by atoms with Crippen molar-refractivity contribution in [1.82, 2.24) is 5.32 Å². The number of carbonyl (C=O) groups is 1. The van der Waals surface area contributed by atoms with Gasteiger partial charge in [-0.3, -0.25) is 0 Å². The third-order valence-corrected chi connectivity index (χ3v) is 3.28. The zero-order valence-electron chi connectivity index (χ0n) is 13.1. The molecule has 2 aromatic rings. The largest absolute Gasteiger partial charge is 0.386 e. The molecular weight excluding hydrogens is 318 g/mol. The van der Waals surface area contributed by atoms with Crippen molar-refractivity contribution in [1.29, 1.82) is 0 Å². The number of benzene rings is 2. The van der Waals surface area contributed by atoms with Gasteiger partial charge in [-0.05, 0) is 29.8 Å². The van der Waals surface area contributed by atoms with E-state index in [0.29, 0.717) is 12.3 Å². The number of hydrogen-bond donors (Lipinski definition) is 3. The van der Waals surface area contributed by atoms with Crippen molar-refractivity contribution in [2.75, 3.05) is 19.0 Å². The first kappa shape index (κ1) is 17.8. The van der Waals surface area contributed by atoms with Gasteiger partial charge in [-0.15, -0.1) is 0 Å². The van der Waals surface area contributed by atoms with Crippen molar-refractivity contribution in [3.8, 4) is 0 Å². The maximum atomic E-state index is 13.5. The fraction of sp³-hybridized carbons (Fsp3) is 0.235. The van der Waals surface area contributed by atoms with E-state index in [1.807, 2.05) is 6.07 Å². The van der Waals surface area contributed by atoms with Crippen LogP contribution in [0.2, 0.25) is 0 Å². The topological polar surface area (TPSA) is 70.6 Å². The molecule has 1 atom stereocenters. The zero-order valence-corrected chi connectivity index (χ0v) is 13.1. The number of aliphatic hydroxyl groups excluding tert-OH is 1. The van der Waals surface area contributed by atoms with Gasteiger partial charge in [0, 0.05) is 19.3 Å². The van der Waals surface area contributed by atoms with Crippen molar-refractivity contribution in [2.24, 2.45) is 0 Å². The van der Waals surface area contributed by atoms with E-state index in [0.717, 1.165) is 17.7 Å². The van der Waals surface area contributed by atoms with Gasteiger partial charge in [0.1, 0.15) is 17.7 Å². The van der Waals surface area contributed by atoms with E-state index in [4.69, 9.17) is 4.74 Å². The van der Waals surface area contributed by atoms with E-state index in [-0.39, 0.29) is 6.54 Å². The van der Waals surface area contributed by atoms with Crippen LogP contribution in [0, 0.1) is 11.6 Å². The van der Waals surface area contributed by atoms with Gasteiger partial charge in [0.2, 0.25) is 0 Å². The number of aliphatic hydroxyl groups is 1. The van der Waals surface area contributed by atoms with Crippen LogP contribution in [0.4, 0.5) is 19.3 Å². The lowest BCUT2D eigenvalue weighted by molar-refractivity contribution is 0.166. The number of amides is 2. The summed E-state index contributed by atoms with van der Waals surface area (Å²) in [6.07, 6.45) is -1.49. The summed E-state index contributed by atoms with van der Waals surface area (Å²) in [5.74, 6) is -1.73. The summed E-state index contributed by atoms with van der Waals surface area (Å²) < 4.78 is 32.1. The molecule has 5 nitrogen and oxygen atoms in total. The van der Waals surface area contributed by atoms with Gasteiger partial charge >= 0.3 is 6.03 Å². The molecule has 128 valence electrons. The van der Waals surface area contributed by atoms with Crippen molar-refractivity contribution in [2.45, 2.75) is 12.7 Å². The third kappa shape index (κ3) is 4.74. The van der Waals surface area contributed by atoms with Gasteiger partial charge in [0.05, 0.1) is 12.2 Å². The third-order valence-electron chi connectivity index (χ3n) is 3.28. The van der Waals surface area contributed by atoms with Crippen LogP contribution < -0.4 is 10.6 Å². The van der Waals surface area contributed by atoms with Crippen LogP contribution in [0.15, 0.2) is 42.5 Å². The Morgan fingerprint density at radius 3 is 2.54 bits per heavy atom. The molecule has 2 rings (SSSR count). The van der Waals surface area contributed by atoms with E-state index in [1.54, 1.807) is 25.3 Å². The van der Waals surface area contributed by atoms with E-state index in [1.165, 1.54) is 6.07 Å². The standard InChI is InChI=1S/C17H18F2N2O3/c1-24-10-11-4-2-5-12(8-11)21-17(23)20-9-15(22)16-13(18)6-3-7-14(16)19/h2-8,15,22H,9-10H2,1H3,(H2,20,21,23). The second-order valence-corrected chi connectivity index (χ2v) is 5.12. The number of hydrogen-bond acceptors (Lipinski definition) is 3. The van der Waals surface area contributed by atoms with Crippen molar-refractivity contribution < 1.29 is 23.4 Å². The number of halogens is 2. The molecule has 0 saturated heterocycles. The molecule has 7 heteroatoms. The molecule has 0 aliphatic rings. The zero-order chi connectivity index (χ0) is 17.5. The normalized spacial score (nSPS) is 11.8. The van der Waals surface area contributed by atoms with E-state index >= 15 is 0 Å². The predicted octanol–water partition coefficient (Wildman–Crippen LogP) is 2.97. The molecule has 0 aromatic heterocycles. The summed E-state index contributed by atoms with van der Waals surface area (Å²) in [4.78, 5) is 11.8. The Balaban J connectivity index is 1.92. The van der Waals surface area contributed by atoms with Crippen LogP contribution in [0.3, 0.4) is 0 Å². The maximum absolute atomic E-state index is 13.5. The first-order valence-corrected chi connectivity index (χ1v) is 7.26. The van der Waals surface area contributed by atoms with Crippen LogP contribution in [-0.4, -0.2) is 24.8 Å². The number of carbonyl (C=O) groups excluding carboxylic acids is 1. The number of urea groups is 1. The number of methoxy groups -OCH3 is 1. The summed E-state index contributed by atoms with van der Waals surface area (Å²) in [5, 5.41) is 14.8. The Hall–Kier alpha value is -2.51. The lowest BCUT2D eigenvalue weighted by Gasteiger charge is -2.14. The Morgan fingerprint density at radius 2 is 1.88 bits per heavy atom. The molecule has 1 unspecified atom stereocenters. The number of anilines is 1. The monoisotopic (exact) mass is 336 g/mol. The fourth-order valence-corrected chi connectivity index (χ4v) is 2.20. The highest BCUT2D eigenvalue weighted by Crippen LogP contribution is 2.20. The smallest absolute Gasteiger partial charge is 0.319 e. The van der Waals surface area contributed by atoms with Gasteiger partial charge < -0.3 is 20.5 Å². The van der Waals surface area contributed by atoms with Gasteiger partial charge in [-0.2, -0.15) is 0 Å². The number of nitrogens with one attached hydrogen (secondary N) is 2. The molecular formula is C17H18F2N2O3. The lowest BCUT2D eigenvalue weighted by atomic mass is 10.1. The molecule has 0 radical (unpaired) electrons. The highest BCUT2D eigenvalue weighted by atomic mass is 19.1.